The van der Waals surface area contributed by atoms with Crippen molar-refractivity contribution in [1.82, 2.24) is 14.9 Å². The van der Waals surface area contributed by atoms with E-state index in [1.807, 2.05) is 29.0 Å². The molecule has 1 unspecified atom stereocenters. The molecule has 3 N–H and O–H groups in total. The van der Waals surface area contributed by atoms with Crippen LogP contribution in [0.2, 0.25) is 0 Å². The number of imidazole rings is 1. The van der Waals surface area contributed by atoms with Gasteiger partial charge in [0.15, 0.2) is 0 Å². The van der Waals surface area contributed by atoms with Crippen LogP contribution in [0.15, 0.2) is 43.0 Å². The summed E-state index contributed by atoms with van der Waals surface area (Å²) in [6.07, 6.45) is 5.44. The number of carbonyl (C=O) groups excluding carboxylic acids is 1. The number of amides is 1. The van der Waals surface area contributed by atoms with Crippen LogP contribution < -0.4 is 11.1 Å². The summed E-state index contributed by atoms with van der Waals surface area (Å²) < 4.78 is 6.85. The molecule has 0 aliphatic heterocycles. The molecule has 0 saturated heterocycles. The quantitative estimate of drug-likeness (QED) is 0.778. The van der Waals surface area contributed by atoms with E-state index in [1.54, 1.807) is 12.5 Å². The molecule has 1 aromatic carbocycles. The molecule has 1 amide bonds. The normalized spacial score (nSPS) is 12.1. The smallest absolute Gasteiger partial charge is 0.239 e. The van der Waals surface area contributed by atoms with Crippen LogP contribution in [0.4, 0.5) is 0 Å². The summed E-state index contributed by atoms with van der Waals surface area (Å²) in [5.74, 6) is -0.211. The molecule has 1 atom stereocenters. The van der Waals surface area contributed by atoms with Gasteiger partial charge in [0.2, 0.25) is 5.91 Å². The molecule has 0 aliphatic carbocycles. The van der Waals surface area contributed by atoms with Crippen molar-refractivity contribution >= 4 is 5.91 Å². The van der Waals surface area contributed by atoms with Gasteiger partial charge < -0.3 is 20.4 Å². The monoisotopic (exact) mass is 288 g/mol. The zero-order valence-electron chi connectivity index (χ0n) is 12.0. The van der Waals surface area contributed by atoms with Crippen LogP contribution in [0.3, 0.4) is 0 Å². The fourth-order valence-electron chi connectivity index (χ4n) is 2.00. The van der Waals surface area contributed by atoms with Crippen LogP contribution in [0, 0.1) is 0 Å². The Hall–Kier alpha value is -2.18. The summed E-state index contributed by atoms with van der Waals surface area (Å²) >= 11 is 0. The number of carbonyl (C=O) groups is 1. The largest absolute Gasteiger partial charge is 0.383 e. The summed E-state index contributed by atoms with van der Waals surface area (Å²) in [6.45, 7) is 1.42. The standard InChI is InChI=1S/C15H20N4O2/c1-21-10-14(16)15(20)18-8-12-3-2-4-13(7-12)9-19-6-5-17-11-19/h2-7,11,14H,8-10,16H2,1H3,(H,18,20). The highest BCUT2D eigenvalue weighted by Crippen LogP contribution is 2.07. The van der Waals surface area contributed by atoms with Crippen LogP contribution in [0.1, 0.15) is 11.1 Å². The van der Waals surface area contributed by atoms with Crippen LogP contribution in [-0.4, -0.2) is 35.2 Å². The first-order valence-electron chi connectivity index (χ1n) is 6.75. The SMILES string of the molecule is COCC(N)C(=O)NCc1cccc(Cn2ccnc2)c1. The number of hydrogen-bond donors (Lipinski definition) is 2. The Morgan fingerprint density at radius 3 is 3.00 bits per heavy atom. The highest BCUT2D eigenvalue weighted by atomic mass is 16.5. The number of methoxy groups -OCH3 is 1. The molecule has 0 aliphatic rings. The van der Waals surface area contributed by atoms with Gasteiger partial charge in [-0.05, 0) is 11.1 Å². The fraction of sp³-hybridized carbons (Fsp3) is 0.333. The molecule has 112 valence electrons. The molecule has 2 aromatic rings. The second-order valence-electron chi connectivity index (χ2n) is 4.83. The highest BCUT2D eigenvalue weighted by Gasteiger charge is 2.12. The van der Waals surface area contributed by atoms with Crippen molar-refractivity contribution in [3.05, 3.63) is 54.1 Å². The molecule has 6 nitrogen and oxygen atoms in total. The van der Waals surface area contributed by atoms with E-state index in [0.29, 0.717) is 6.54 Å². The zero-order chi connectivity index (χ0) is 15.1. The second kappa shape index (κ2) is 7.56. The highest BCUT2D eigenvalue weighted by molar-refractivity contribution is 5.81. The van der Waals surface area contributed by atoms with E-state index in [2.05, 4.69) is 16.4 Å². The van der Waals surface area contributed by atoms with Gasteiger partial charge in [-0.2, -0.15) is 0 Å². The molecule has 0 saturated carbocycles. The van der Waals surface area contributed by atoms with Gasteiger partial charge in [-0.1, -0.05) is 24.3 Å². The van der Waals surface area contributed by atoms with E-state index in [-0.39, 0.29) is 12.5 Å². The molecule has 1 heterocycles. The van der Waals surface area contributed by atoms with E-state index in [9.17, 15) is 4.79 Å². The number of aromatic nitrogens is 2. The first-order chi connectivity index (χ1) is 10.2. The maximum Gasteiger partial charge on any atom is 0.239 e. The molecular weight excluding hydrogens is 268 g/mol. The lowest BCUT2D eigenvalue weighted by molar-refractivity contribution is -0.123. The minimum Gasteiger partial charge on any atom is -0.383 e. The number of nitrogens with zero attached hydrogens (tertiary/aromatic N) is 2. The van der Waals surface area contributed by atoms with Gasteiger partial charge in [0.05, 0.1) is 12.9 Å². The second-order valence-corrected chi connectivity index (χ2v) is 4.83. The third-order valence-electron chi connectivity index (χ3n) is 3.07. The molecule has 21 heavy (non-hydrogen) atoms. The number of rotatable bonds is 7. The average molecular weight is 288 g/mol. The molecule has 0 spiro atoms. The van der Waals surface area contributed by atoms with Crippen molar-refractivity contribution in [2.24, 2.45) is 5.73 Å². The molecule has 0 bridgehead atoms. The molecule has 2 rings (SSSR count). The fourth-order valence-corrected chi connectivity index (χ4v) is 2.00. The predicted molar refractivity (Wildman–Crippen MR) is 79.5 cm³/mol. The molecule has 0 radical (unpaired) electrons. The van der Waals surface area contributed by atoms with E-state index in [0.717, 1.165) is 17.7 Å². The summed E-state index contributed by atoms with van der Waals surface area (Å²) in [5, 5.41) is 2.81. The van der Waals surface area contributed by atoms with E-state index < -0.39 is 6.04 Å². The number of nitrogens with two attached hydrogens (primary N) is 1. The zero-order valence-corrected chi connectivity index (χ0v) is 12.0. The lowest BCUT2D eigenvalue weighted by Crippen LogP contribution is -2.43. The Morgan fingerprint density at radius 2 is 2.29 bits per heavy atom. The van der Waals surface area contributed by atoms with Gasteiger partial charge >= 0.3 is 0 Å². The third kappa shape index (κ3) is 4.70. The van der Waals surface area contributed by atoms with E-state index >= 15 is 0 Å². The first kappa shape index (κ1) is 15.2. The van der Waals surface area contributed by atoms with Gasteiger partial charge in [-0.15, -0.1) is 0 Å². The van der Waals surface area contributed by atoms with Gasteiger partial charge in [-0.3, -0.25) is 4.79 Å². The van der Waals surface area contributed by atoms with Crippen molar-refractivity contribution in [1.29, 1.82) is 0 Å². The maximum atomic E-state index is 11.7. The van der Waals surface area contributed by atoms with Crippen LogP contribution in [-0.2, 0) is 22.6 Å². The minimum absolute atomic E-state index is 0.211. The Morgan fingerprint density at radius 1 is 1.48 bits per heavy atom. The Bertz CT molecular complexity index is 569. The Labute approximate surface area is 123 Å². The molecule has 6 heteroatoms. The summed E-state index contributed by atoms with van der Waals surface area (Å²) in [7, 11) is 1.52. The average Bonchev–Trinajstić information content (AvgIpc) is 2.98. The van der Waals surface area contributed by atoms with E-state index in [1.165, 1.54) is 7.11 Å². The van der Waals surface area contributed by atoms with Crippen molar-refractivity contribution in [3.8, 4) is 0 Å². The van der Waals surface area contributed by atoms with Gasteiger partial charge in [-0.25, -0.2) is 4.98 Å². The van der Waals surface area contributed by atoms with Crippen molar-refractivity contribution < 1.29 is 9.53 Å². The molecule has 1 aromatic heterocycles. The lowest BCUT2D eigenvalue weighted by Gasteiger charge is -2.12. The number of nitrogens with one attached hydrogen (secondary N) is 1. The molecular formula is C15H20N4O2. The molecule has 0 fully saturated rings. The van der Waals surface area contributed by atoms with Crippen molar-refractivity contribution in [2.45, 2.75) is 19.1 Å². The van der Waals surface area contributed by atoms with Gasteiger partial charge in [0.1, 0.15) is 6.04 Å². The van der Waals surface area contributed by atoms with Gasteiger partial charge in [0, 0.05) is 32.6 Å². The minimum atomic E-state index is -0.635. The maximum absolute atomic E-state index is 11.7. The third-order valence-corrected chi connectivity index (χ3v) is 3.07. The number of hydrogen-bond acceptors (Lipinski definition) is 4. The predicted octanol–water partition coefficient (Wildman–Crippen LogP) is 0.521. The van der Waals surface area contributed by atoms with Crippen LogP contribution in [0.25, 0.3) is 0 Å². The van der Waals surface area contributed by atoms with Crippen molar-refractivity contribution in [3.63, 3.8) is 0 Å². The van der Waals surface area contributed by atoms with Gasteiger partial charge in [0.25, 0.3) is 0 Å². The first-order valence-corrected chi connectivity index (χ1v) is 6.75. The summed E-state index contributed by atoms with van der Waals surface area (Å²) in [5.41, 5.74) is 7.85. The summed E-state index contributed by atoms with van der Waals surface area (Å²) in [6, 6.07) is 7.41. The Kier molecular flexibility index (Phi) is 5.48. The number of ether oxygens (including phenoxy) is 1. The lowest BCUT2D eigenvalue weighted by atomic mass is 10.1. The van der Waals surface area contributed by atoms with Crippen LogP contribution >= 0.6 is 0 Å². The van der Waals surface area contributed by atoms with Crippen molar-refractivity contribution in [2.75, 3.05) is 13.7 Å². The van der Waals surface area contributed by atoms with Crippen LogP contribution in [0.5, 0.6) is 0 Å². The van der Waals surface area contributed by atoms with E-state index in [4.69, 9.17) is 10.5 Å². The number of benzene rings is 1. The Balaban J connectivity index is 1.90. The topological polar surface area (TPSA) is 82.2 Å². The summed E-state index contributed by atoms with van der Waals surface area (Å²) in [4.78, 5) is 15.7.